The molecule has 1 aromatic rings. The lowest BCUT2D eigenvalue weighted by atomic mass is 9.66. The van der Waals surface area contributed by atoms with Gasteiger partial charge in [-0.05, 0) is 37.0 Å². The number of hydrogen-bond donors (Lipinski definition) is 2. The van der Waals surface area contributed by atoms with Crippen LogP contribution in [0.3, 0.4) is 0 Å². The van der Waals surface area contributed by atoms with Crippen molar-refractivity contribution in [3.63, 3.8) is 0 Å². The maximum Gasteiger partial charge on any atom is 0.161 e. The van der Waals surface area contributed by atoms with E-state index in [1.165, 1.54) is 44.9 Å². The fourth-order valence-corrected chi connectivity index (χ4v) is 4.59. The quantitative estimate of drug-likeness (QED) is 0.661. The van der Waals surface area contributed by atoms with Gasteiger partial charge in [0.2, 0.25) is 0 Å². The molecule has 21 heavy (non-hydrogen) atoms. The van der Waals surface area contributed by atoms with Crippen molar-refractivity contribution in [3.05, 3.63) is 11.9 Å². The number of rotatable bonds is 4. The second kappa shape index (κ2) is 6.36. The number of nitrogens with two attached hydrogens (primary N) is 1. The zero-order valence-electron chi connectivity index (χ0n) is 13.2. The normalized spacial score (nSPS) is 30.7. The Kier molecular flexibility index (Phi) is 4.50. The van der Waals surface area contributed by atoms with E-state index in [9.17, 15) is 0 Å². The molecule has 0 radical (unpaired) electrons. The van der Waals surface area contributed by atoms with Gasteiger partial charge in [0.25, 0.3) is 0 Å². The average molecular weight is 292 g/mol. The predicted octanol–water partition coefficient (Wildman–Crippen LogP) is 2.54. The SMILES string of the molecule is COc1cnn(C)c1C(NN)C1CCC2CCCCC2C1. The summed E-state index contributed by atoms with van der Waals surface area (Å²) in [7, 11) is 3.67. The minimum atomic E-state index is 0.135. The van der Waals surface area contributed by atoms with Crippen LogP contribution in [0.2, 0.25) is 0 Å². The summed E-state index contributed by atoms with van der Waals surface area (Å²) in [6.45, 7) is 0. The summed E-state index contributed by atoms with van der Waals surface area (Å²) >= 11 is 0. The van der Waals surface area contributed by atoms with Gasteiger partial charge < -0.3 is 4.74 Å². The van der Waals surface area contributed by atoms with E-state index in [0.29, 0.717) is 5.92 Å². The number of hydrogen-bond acceptors (Lipinski definition) is 4. The Morgan fingerprint density at radius 1 is 1.29 bits per heavy atom. The average Bonchev–Trinajstić information content (AvgIpc) is 2.89. The Labute approximate surface area is 127 Å². The summed E-state index contributed by atoms with van der Waals surface area (Å²) in [6, 6.07) is 0.135. The summed E-state index contributed by atoms with van der Waals surface area (Å²) in [5.74, 6) is 9.19. The second-order valence-corrected chi connectivity index (χ2v) is 6.74. The number of hydrazine groups is 1. The van der Waals surface area contributed by atoms with Crippen LogP contribution in [0.15, 0.2) is 6.20 Å². The topological polar surface area (TPSA) is 65.1 Å². The van der Waals surface area contributed by atoms with Crippen LogP contribution in [0.4, 0.5) is 0 Å². The van der Waals surface area contributed by atoms with Gasteiger partial charge in [-0.1, -0.05) is 25.7 Å². The van der Waals surface area contributed by atoms with Crippen molar-refractivity contribution in [1.29, 1.82) is 0 Å². The second-order valence-electron chi connectivity index (χ2n) is 6.74. The molecule has 0 aliphatic heterocycles. The van der Waals surface area contributed by atoms with Crippen LogP contribution in [0.25, 0.3) is 0 Å². The minimum absolute atomic E-state index is 0.135. The lowest BCUT2D eigenvalue weighted by Gasteiger charge is -2.41. The smallest absolute Gasteiger partial charge is 0.161 e. The molecule has 5 nitrogen and oxygen atoms in total. The van der Waals surface area contributed by atoms with Crippen LogP contribution < -0.4 is 16.0 Å². The van der Waals surface area contributed by atoms with Crippen molar-refractivity contribution < 1.29 is 4.74 Å². The van der Waals surface area contributed by atoms with Crippen molar-refractivity contribution in [2.24, 2.45) is 30.6 Å². The van der Waals surface area contributed by atoms with Crippen molar-refractivity contribution in [3.8, 4) is 5.75 Å². The monoisotopic (exact) mass is 292 g/mol. The standard InChI is InChI=1S/C16H28N4O/c1-20-16(14(21-2)10-18-20)15(19-17)13-8-7-11-5-3-4-6-12(11)9-13/h10-13,15,19H,3-9,17H2,1-2H3. The van der Waals surface area contributed by atoms with Crippen molar-refractivity contribution in [2.45, 2.75) is 51.0 Å². The molecule has 2 aliphatic carbocycles. The first-order chi connectivity index (χ1) is 10.2. The van der Waals surface area contributed by atoms with Gasteiger partial charge in [-0.3, -0.25) is 16.0 Å². The third-order valence-corrected chi connectivity index (χ3v) is 5.69. The van der Waals surface area contributed by atoms with Crippen LogP contribution in [-0.2, 0) is 7.05 Å². The van der Waals surface area contributed by atoms with Gasteiger partial charge in [-0.2, -0.15) is 5.10 Å². The predicted molar refractivity (Wildman–Crippen MR) is 82.6 cm³/mol. The minimum Gasteiger partial charge on any atom is -0.493 e. The van der Waals surface area contributed by atoms with Gasteiger partial charge >= 0.3 is 0 Å². The number of aromatic nitrogens is 2. The number of fused-ring (bicyclic) bond motifs is 1. The molecule has 4 atom stereocenters. The number of methoxy groups -OCH3 is 1. The Morgan fingerprint density at radius 2 is 2.05 bits per heavy atom. The van der Waals surface area contributed by atoms with Crippen molar-refractivity contribution in [2.75, 3.05) is 7.11 Å². The van der Waals surface area contributed by atoms with E-state index in [1.54, 1.807) is 13.3 Å². The van der Waals surface area contributed by atoms with Crippen LogP contribution >= 0.6 is 0 Å². The van der Waals surface area contributed by atoms with Gasteiger partial charge in [-0.25, -0.2) is 0 Å². The van der Waals surface area contributed by atoms with E-state index in [2.05, 4.69) is 10.5 Å². The zero-order valence-corrected chi connectivity index (χ0v) is 13.2. The maximum atomic E-state index is 5.91. The molecule has 1 aromatic heterocycles. The largest absolute Gasteiger partial charge is 0.493 e. The fourth-order valence-electron chi connectivity index (χ4n) is 4.59. The molecule has 0 spiro atoms. The number of nitrogens with one attached hydrogen (secondary N) is 1. The Bertz CT molecular complexity index is 473. The summed E-state index contributed by atoms with van der Waals surface area (Å²) in [5, 5.41) is 4.33. The van der Waals surface area contributed by atoms with Crippen LogP contribution in [-0.4, -0.2) is 16.9 Å². The molecule has 4 unspecified atom stereocenters. The summed E-state index contributed by atoms with van der Waals surface area (Å²) in [5.41, 5.74) is 4.13. The Hall–Kier alpha value is -1.07. The Balaban J connectivity index is 1.78. The van der Waals surface area contributed by atoms with Crippen molar-refractivity contribution >= 4 is 0 Å². The van der Waals surface area contributed by atoms with Crippen LogP contribution in [0.1, 0.15) is 56.7 Å². The van der Waals surface area contributed by atoms with Crippen LogP contribution in [0.5, 0.6) is 5.75 Å². The van der Waals surface area contributed by atoms with Gasteiger partial charge in [-0.15, -0.1) is 0 Å². The molecule has 5 heteroatoms. The number of aryl methyl sites for hydroxylation is 1. The summed E-state index contributed by atoms with van der Waals surface area (Å²) in [4.78, 5) is 0. The van der Waals surface area contributed by atoms with Gasteiger partial charge in [0, 0.05) is 7.05 Å². The number of nitrogens with zero attached hydrogens (tertiary/aromatic N) is 2. The molecule has 3 rings (SSSR count). The molecular weight excluding hydrogens is 264 g/mol. The summed E-state index contributed by atoms with van der Waals surface area (Å²) < 4.78 is 7.37. The lowest BCUT2D eigenvalue weighted by molar-refractivity contribution is 0.107. The molecule has 2 fully saturated rings. The van der Waals surface area contributed by atoms with Gasteiger partial charge in [0.05, 0.1) is 25.0 Å². The fraction of sp³-hybridized carbons (Fsp3) is 0.812. The highest BCUT2D eigenvalue weighted by atomic mass is 16.5. The van der Waals surface area contributed by atoms with Gasteiger partial charge in [0.15, 0.2) is 5.75 Å². The first-order valence-electron chi connectivity index (χ1n) is 8.26. The first-order valence-corrected chi connectivity index (χ1v) is 8.26. The third kappa shape index (κ3) is 2.81. The molecule has 0 saturated heterocycles. The van der Waals surface area contributed by atoms with E-state index in [-0.39, 0.29) is 6.04 Å². The molecule has 2 aliphatic rings. The van der Waals surface area contributed by atoms with Crippen molar-refractivity contribution in [1.82, 2.24) is 15.2 Å². The third-order valence-electron chi connectivity index (χ3n) is 5.69. The molecule has 118 valence electrons. The van der Waals surface area contributed by atoms with E-state index >= 15 is 0 Å². The molecule has 0 bridgehead atoms. The zero-order chi connectivity index (χ0) is 14.8. The Morgan fingerprint density at radius 3 is 2.76 bits per heavy atom. The van der Waals surface area contributed by atoms with Crippen LogP contribution in [0, 0.1) is 17.8 Å². The molecule has 1 heterocycles. The lowest BCUT2D eigenvalue weighted by Crippen LogP contribution is -2.39. The number of ether oxygens (including phenoxy) is 1. The maximum absolute atomic E-state index is 5.91. The van der Waals surface area contributed by atoms with E-state index < -0.39 is 0 Å². The van der Waals surface area contributed by atoms with E-state index in [0.717, 1.165) is 23.3 Å². The molecule has 0 amide bonds. The molecule has 3 N–H and O–H groups in total. The van der Waals surface area contributed by atoms with E-state index in [1.807, 2.05) is 11.7 Å². The first kappa shape index (κ1) is 14.9. The molecular formula is C16H28N4O. The highest BCUT2D eigenvalue weighted by Gasteiger charge is 2.37. The summed E-state index contributed by atoms with van der Waals surface area (Å²) in [6.07, 6.45) is 11.4. The highest BCUT2D eigenvalue weighted by molar-refractivity contribution is 5.28. The molecule has 2 saturated carbocycles. The van der Waals surface area contributed by atoms with E-state index in [4.69, 9.17) is 10.6 Å². The highest BCUT2D eigenvalue weighted by Crippen LogP contribution is 2.46. The van der Waals surface area contributed by atoms with Gasteiger partial charge in [0.1, 0.15) is 0 Å². The molecule has 0 aromatic carbocycles.